The summed E-state index contributed by atoms with van der Waals surface area (Å²) in [5, 5.41) is 0. The van der Waals surface area contributed by atoms with E-state index in [2.05, 4.69) is 0 Å². The molecule has 0 heterocycles. The highest BCUT2D eigenvalue weighted by Gasteiger charge is 2.23. The van der Waals surface area contributed by atoms with Crippen LogP contribution in [0.5, 0.6) is 0 Å². The molecule has 0 aromatic carbocycles. The SMILES string of the molecule is CCC(C)OC(=O)C(CC)C(C)=O. The number of carbonyl (C=O) groups excluding carboxylic acids is 2. The third-order valence-corrected chi connectivity index (χ3v) is 2.08. The first-order valence-corrected chi connectivity index (χ1v) is 4.73. The molecule has 0 saturated heterocycles. The zero-order valence-electron chi connectivity index (χ0n) is 8.79. The van der Waals surface area contributed by atoms with E-state index in [0.717, 1.165) is 6.42 Å². The Bertz CT molecular complexity index is 187. The Morgan fingerprint density at radius 2 is 1.77 bits per heavy atom. The zero-order valence-corrected chi connectivity index (χ0v) is 8.79. The number of Topliss-reactive ketones (excluding diaryl/α,β-unsaturated/α-hetero) is 1. The maximum absolute atomic E-state index is 11.3. The summed E-state index contributed by atoms with van der Waals surface area (Å²) in [4.78, 5) is 22.3. The predicted molar refractivity (Wildman–Crippen MR) is 50.3 cm³/mol. The molecule has 0 aliphatic carbocycles. The summed E-state index contributed by atoms with van der Waals surface area (Å²) in [6, 6.07) is 0. The van der Waals surface area contributed by atoms with Crippen molar-refractivity contribution >= 4 is 11.8 Å². The fourth-order valence-electron chi connectivity index (χ4n) is 0.984. The molecule has 0 aliphatic rings. The maximum atomic E-state index is 11.3. The van der Waals surface area contributed by atoms with Crippen LogP contribution < -0.4 is 0 Å². The van der Waals surface area contributed by atoms with E-state index in [1.807, 2.05) is 20.8 Å². The summed E-state index contributed by atoms with van der Waals surface area (Å²) in [6.07, 6.45) is 1.20. The van der Waals surface area contributed by atoms with Crippen molar-refractivity contribution in [3.8, 4) is 0 Å². The topological polar surface area (TPSA) is 43.4 Å². The Labute approximate surface area is 79.5 Å². The molecule has 0 radical (unpaired) electrons. The quantitative estimate of drug-likeness (QED) is 0.487. The third-order valence-electron chi connectivity index (χ3n) is 2.08. The Kier molecular flexibility index (Phi) is 5.35. The molecule has 2 atom stereocenters. The molecule has 0 N–H and O–H groups in total. The van der Waals surface area contributed by atoms with Gasteiger partial charge in [0.15, 0.2) is 0 Å². The van der Waals surface area contributed by atoms with Crippen LogP contribution >= 0.6 is 0 Å². The van der Waals surface area contributed by atoms with E-state index in [1.54, 1.807) is 0 Å². The van der Waals surface area contributed by atoms with E-state index in [1.165, 1.54) is 6.92 Å². The molecule has 2 unspecified atom stereocenters. The lowest BCUT2D eigenvalue weighted by Gasteiger charge is -2.15. The Morgan fingerprint density at radius 3 is 2.08 bits per heavy atom. The minimum absolute atomic E-state index is 0.0964. The lowest BCUT2D eigenvalue weighted by molar-refractivity contribution is -0.155. The Morgan fingerprint density at radius 1 is 1.23 bits per heavy atom. The van der Waals surface area contributed by atoms with Gasteiger partial charge in [0.2, 0.25) is 0 Å². The van der Waals surface area contributed by atoms with Crippen LogP contribution in [0.3, 0.4) is 0 Å². The minimum Gasteiger partial charge on any atom is -0.462 e. The fourth-order valence-corrected chi connectivity index (χ4v) is 0.984. The zero-order chi connectivity index (χ0) is 10.4. The van der Waals surface area contributed by atoms with Crippen molar-refractivity contribution in [3.63, 3.8) is 0 Å². The van der Waals surface area contributed by atoms with Gasteiger partial charge >= 0.3 is 5.97 Å². The molecule has 13 heavy (non-hydrogen) atoms. The van der Waals surface area contributed by atoms with Crippen LogP contribution in [-0.2, 0) is 14.3 Å². The number of ketones is 1. The van der Waals surface area contributed by atoms with Crippen molar-refractivity contribution in [3.05, 3.63) is 0 Å². The maximum Gasteiger partial charge on any atom is 0.316 e. The van der Waals surface area contributed by atoms with Gasteiger partial charge in [-0.1, -0.05) is 13.8 Å². The summed E-state index contributed by atoms with van der Waals surface area (Å²) in [5.41, 5.74) is 0. The summed E-state index contributed by atoms with van der Waals surface area (Å²) in [7, 11) is 0. The predicted octanol–water partition coefficient (Wildman–Crippen LogP) is 1.94. The molecule has 0 bridgehead atoms. The number of esters is 1. The Balaban J connectivity index is 4.14. The van der Waals surface area contributed by atoms with E-state index in [0.29, 0.717) is 6.42 Å². The lowest BCUT2D eigenvalue weighted by atomic mass is 10.0. The average Bonchev–Trinajstić information content (AvgIpc) is 2.04. The Hall–Kier alpha value is -0.860. The molecule has 0 aromatic heterocycles. The van der Waals surface area contributed by atoms with Crippen molar-refractivity contribution < 1.29 is 14.3 Å². The first-order valence-electron chi connectivity index (χ1n) is 4.73. The van der Waals surface area contributed by atoms with Crippen LogP contribution in [-0.4, -0.2) is 17.9 Å². The number of hydrogen-bond donors (Lipinski definition) is 0. The average molecular weight is 186 g/mol. The van der Waals surface area contributed by atoms with Gasteiger partial charge in [-0.25, -0.2) is 0 Å². The summed E-state index contributed by atoms with van der Waals surface area (Å²) < 4.78 is 5.05. The molecule has 0 aromatic rings. The van der Waals surface area contributed by atoms with E-state index in [4.69, 9.17) is 4.74 Å². The van der Waals surface area contributed by atoms with Gasteiger partial charge in [-0.3, -0.25) is 9.59 Å². The smallest absolute Gasteiger partial charge is 0.316 e. The van der Waals surface area contributed by atoms with Crippen molar-refractivity contribution in [1.82, 2.24) is 0 Å². The minimum atomic E-state index is -0.575. The van der Waals surface area contributed by atoms with Crippen LogP contribution in [0.4, 0.5) is 0 Å². The number of ether oxygens (including phenoxy) is 1. The molecule has 0 aliphatic heterocycles. The molecule has 0 amide bonds. The molecular weight excluding hydrogens is 168 g/mol. The van der Waals surface area contributed by atoms with Crippen LogP contribution in [0.1, 0.15) is 40.5 Å². The van der Waals surface area contributed by atoms with Gasteiger partial charge in [-0.2, -0.15) is 0 Å². The molecule has 0 fully saturated rings. The normalized spacial score (nSPS) is 14.8. The molecule has 3 heteroatoms. The second-order valence-corrected chi connectivity index (χ2v) is 3.23. The van der Waals surface area contributed by atoms with Gasteiger partial charge in [-0.15, -0.1) is 0 Å². The van der Waals surface area contributed by atoms with Crippen molar-refractivity contribution in [2.24, 2.45) is 5.92 Å². The van der Waals surface area contributed by atoms with Crippen molar-refractivity contribution in [1.29, 1.82) is 0 Å². The molecule has 76 valence electrons. The summed E-state index contributed by atoms with van der Waals surface area (Å²) in [5.74, 6) is -1.07. The summed E-state index contributed by atoms with van der Waals surface area (Å²) >= 11 is 0. The third kappa shape index (κ3) is 4.06. The van der Waals surface area contributed by atoms with Crippen molar-refractivity contribution in [2.45, 2.75) is 46.6 Å². The van der Waals surface area contributed by atoms with Gasteiger partial charge in [0.05, 0.1) is 6.10 Å². The second-order valence-electron chi connectivity index (χ2n) is 3.23. The molecule has 0 saturated carbocycles. The highest BCUT2D eigenvalue weighted by atomic mass is 16.5. The van der Waals surface area contributed by atoms with Gasteiger partial charge in [-0.05, 0) is 26.7 Å². The van der Waals surface area contributed by atoms with Crippen LogP contribution in [0.2, 0.25) is 0 Å². The van der Waals surface area contributed by atoms with Crippen LogP contribution in [0, 0.1) is 5.92 Å². The molecule has 0 rings (SSSR count). The standard InChI is InChI=1S/C10H18O3/c1-5-7(3)13-10(12)9(6-2)8(4)11/h7,9H,5-6H2,1-4H3. The monoisotopic (exact) mass is 186 g/mol. The van der Waals surface area contributed by atoms with Gasteiger partial charge in [0.25, 0.3) is 0 Å². The van der Waals surface area contributed by atoms with E-state index in [9.17, 15) is 9.59 Å². The first-order chi connectivity index (χ1) is 6.02. The number of carbonyl (C=O) groups is 2. The molecule has 3 nitrogen and oxygen atoms in total. The van der Waals surface area contributed by atoms with E-state index < -0.39 is 5.92 Å². The highest BCUT2D eigenvalue weighted by molar-refractivity contribution is 5.97. The van der Waals surface area contributed by atoms with E-state index >= 15 is 0 Å². The first kappa shape index (κ1) is 12.1. The number of rotatable bonds is 5. The summed E-state index contributed by atoms with van der Waals surface area (Å²) in [6.45, 7) is 6.99. The van der Waals surface area contributed by atoms with Crippen LogP contribution in [0.15, 0.2) is 0 Å². The molecular formula is C10H18O3. The lowest BCUT2D eigenvalue weighted by Crippen LogP contribution is -2.26. The van der Waals surface area contributed by atoms with E-state index in [-0.39, 0.29) is 17.9 Å². The van der Waals surface area contributed by atoms with Crippen molar-refractivity contribution in [2.75, 3.05) is 0 Å². The van der Waals surface area contributed by atoms with Crippen LogP contribution in [0.25, 0.3) is 0 Å². The largest absolute Gasteiger partial charge is 0.462 e. The van der Waals surface area contributed by atoms with Gasteiger partial charge in [0, 0.05) is 0 Å². The molecule has 0 spiro atoms. The fraction of sp³-hybridized carbons (Fsp3) is 0.800. The number of hydrogen-bond acceptors (Lipinski definition) is 3. The highest BCUT2D eigenvalue weighted by Crippen LogP contribution is 2.09. The van der Waals surface area contributed by atoms with Gasteiger partial charge in [0.1, 0.15) is 11.7 Å². The second kappa shape index (κ2) is 5.73. The van der Waals surface area contributed by atoms with Gasteiger partial charge < -0.3 is 4.74 Å².